The molecule has 8 atom stereocenters. The predicted molar refractivity (Wildman–Crippen MR) is 75.5 cm³/mol. The number of ether oxygens (including phenoxy) is 1. The molecule has 2 spiro atoms. The Balaban J connectivity index is 1.65. The van der Waals surface area contributed by atoms with E-state index in [9.17, 15) is 10.2 Å². The molecule has 5 fully saturated rings. The lowest BCUT2D eigenvalue weighted by Crippen LogP contribution is -2.90. The minimum Gasteiger partial charge on any atom is -0.390 e. The van der Waals surface area contributed by atoms with Gasteiger partial charge in [-0.25, -0.2) is 0 Å². The fourth-order valence-electron chi connectivity index (χ4n) is 7.34. The zero-order chi connectivity index (χ0) is 14.4. The van der Waals surface area contributed by atoms with E-state index in [4.69, 9.17) is 4.74 Å². The average molecular weight is 287 g/mol. The zero-order valence-corrected chi connectivity index (χ0v) is 12.4. The van der Waals surface area contributed by atoms with Crippen molar-refractivity contribution in [1.82, 2.24) is 4.90 Å². The van der Waals surface area contributed by atoms with Crippen molar-refractivity contribution < 1.29 is 14.9 Å². The first-order valence-electron chi connectivity index (χ1n) is 8.14. The summed E-state index contributed by atoms with van der Waals surface area (Å²) < 4.78 is 6.38. The highest BCUT2D eigenvalue weighted by Crippen LogP contribution is 2.81. The van der Waals surface area contributed by atoms with Crippen LogP contribution in [0.3, 0.4) is 0 Å². The molecule has 2 saturated heterocycles. The molecule has 2 bridgehead atoms. The van der Waals surface area contributed by atoms with Crippen LogP contribution in [-0.2, 0) is 4.74 Å². The van der Waals surface area contributed by atoms with Gasteiger partial charge < -0.3 is 14.9 Å². The normalized spacial score (nSPS) is 65.8. The lowest BCUT2D eigenvalue weighted by atomic mass is 9.30. The van der Waals surface area contributed by atoms with Gasteiger partial charge in [0.1, 0.15) is 11.7 Å². The first kappa shape index (κ1) is 11.8. The van der Waals surface area contributed by atoms with Gasteiger partial charge in [0, 0.05) is 22.9 Å². The zero-order valence-electron chi connectivity index (χ0n) is 12.4. The topological polar surface area (TPSA) is 52.9 Å². The highest BCUT2D eigenvalue weighted by Gasteiger charge is 2.87. The van der Waals surface area contributed by atoms with Crippen molar-refractivity contribution in [1.29, 1.82) is 0 Å². The van der Waals surface area contributed by atoms with Crippen molar-refractivity contribution >= 4 is 0 Å². The number of nitrogens with zero attached hydrogens (tertiary/aromatic N) is 1. The second kappa shape index (κ2) is 2.90. The average Bonchev–Trinajstić information content (AvgIpc) is 2.73. The Kier molecular flexibility index (Phi) is 1.63. The number of fused-ring (bicyclic) bond motifs is 1. The molecule has 5 aliphatic carbocycles. The monoisotopic (exact) mass is 287 g/mol. The van der Waals surface area contributed by atoms with Crippen LogP contribution >= 0.6 is 0 Å². The Morgan fingerprint density at radius 1 is 1.38 bits per heavy atom. The summed E-state index contributed by atoms with van der Waals surface area (Å²) in [7, 11) is 2.23. The van der Waals surface area contributed by atoms with Crippen molar-refractivity contribution in [3.63, 3.8) is 0 Å². The number of aliphatic hydroxyl groups excluding tert-OH is 2. The molecule has 0 amide bonds. The quantitative estimate of drug-likeness (QED) is 0.685. The highest BCUT2D eigenvalue weighted by atomic mass is 16.5. The molecule has 2 N–H and O–H groups in total. The van der Waals surface area contributed by atoms with E-state index in [1.54, 1.807) is 0 Å². The van der Waals surface area contributed by atoms with Gasteiger partial charge in [-0.05, 0) is 44.4 Å². The summed E-state index contributed by atoms with van der Waals surface area (Å²) in [6.45, 7) is 2.03. The molecular formula is C17H21NO3. The van der Waals surface area contributed by atoms with E-state index in [0.29, 0.717) is 12.0 Å². The van der Waals surface area contributed by atoms with E-state index < -0.39 is 17.8 Å². The summed E-state index contributed by atoms with van der Waals surface area (Å²) in [5.74, 6) is 0.627. The van der Waals surface area contributed by atoms with Gasteiger partial charge in [0.2, 0.25) is 0 Å². The molecule has 3 saturated carbocycles. The van der Waals surface area contributed by atoms with E-state index in [2.05, 4.69) is 18.0 Å². The summed E-state index contributed by atoms with van der Waals surface area (Å²) in [4.78, 5) is 2.51. The van der Waals surface area contributed by atoms with Crippen LogP contribution in [0.15, 0.2) is 23.3 Å². The molecule has 21 heavy (non-hydrogen) atoms. The summed E-state index contributed by atoms with van der Waals surface area (Å²) in [6.07, 6.45) is 5.90. The maximum Gasteiger partial charge on any atom is 0.117 e. The standard InChI is InChI=1S/C17H21NO3/c1-15-11(20)4-3-8-5-9-13-16(18(9)2)6-10(19)14(21-15)17(13,7-16)12(8)15/h3-4,9-11,13-14,19-20H,5-7H2,1-2H3. The van der Waals surface area contributed by atoms with Crippen molar-refractivity contribution in [3.8, 4) is 0 Å². The second-order valence-electron chi connectivity index (χ2n) is 8.30. The van der Waals surface area contributed by atoms with Crippen LogP contribution in [0, 0.1) is 11.3 Å². The molecular weight excluding hydrogens is 266 g/mol. The Labute approximate surface area is 124 Å². The lowest BCUT2D eigenvalue weighted by Gasteiger charge is -2.83. The van der Waals surface area contributed by atoms with Gasteiger partial charge in [-0.15, -0.1) is 0 Å². The Morgan fingerprint density at radius 3 is 3.00 bits per heavy atom. The van der Waals surface area contributed by atoms with Crippen molar-refractivity contribution in [2.45, 2.75) is 61.7 Å². The van der Waals surface area contributed by atoms with E-state index in [0.717, 1.165) is 19.3 Å². The predicted octanol–water partition coefficient (Wildman–Crippen LogP) is 0.599. The Bertz CT molecular complexity index is 656. The fourth-order valence-corrected chi connectivity index (χ4v) is 7.34. The van der Waals surface area contributed by atoms with Crippen molar-refractivity contribution in [2.24, 2.45) is 11.3 Å². The molecule has 7 rings (SSSR count). The van der Waals surface area contributed by atoms with Crippen LogP contribution in [0.1, 0.15) is 26.2 Å². The van der Waals surface area contributed by atoms with Crippen molar-refractivity contribution in [3.05, 3.63) is 23.3 Å². The third-order valence-corrected chi connectivity index (χ3v) is 7.86. The van der Waals surface area contributed by atoms with Gasteiger partial charge in [0.25, 0.3) is 0 Å². The Morgan fingerprint density at radius 2 is 2.19 bits per heavy atom. The fraction of sp³-hybridized carbons (Fsp3) is 0.765. The number of hydrogen-bond acceptors (Lipinski definition) is 4. The molecule has 0 radical (unpaired) electrons. The molecule has 7 aliphatic rings. The minimum atomic E-state index is -0.620. The second-order valence-corrected chi connectivity index (χ2v) is 8.30. The molecule has 8 unspecified atom stereocenters. The summed E-state index contributed by atoms with van der Waals surface area (Å²) in [6, 6.07) is 0.596. The number of hydrogen-bond donors (Lipinski definition) is 2. The van der Waals surface area contributed by atoms with E-state index >= 15 is 0 Å². The number of allylic oxidation sites excluding steroid dienone is 1. The van der Waals surface area contributed by atoms with E-state index in [1.807, 2.05) is 13.0 Å². The summed E-state index contributed by atoms with van der Waals surface area (Å²) in [5.41, 5.74) is 2.29. The third-order valence-electron chi connectivity index (χ3n) is 7.86. The maximum atomic E-state index is 10.7. The van der Waals surface area contributed by atoms with Gasteiger partial charge >= 0.3 is 0 Å². The molecule has 0 aromatic rings. The van der Waals surface area contributed by atoms with Gasteiger partial charge in [-0.2, -0.15) is 0 Å². The lowest BCUT2D eigenvalue weighted by molar-refractivity contribution is -0.334. The molecule has 0 aromatic heterocycles. The smallest absolute Gasteiger partial charge is 0.117 e. The van der Waals surface area contributed by atoms with Crippen LogP contribution < -0.4 is 0 Å². The van der Waals surface area contributed by atoms with E-state index in [-0.39, 0.29) is 17.1 Å². The highest BCUT2D eigenvalue weighted by molar-refractivity contribution is 5.57. The van der Waals surface area contributed by atoms with Gasteiger partial charge in [-0.1, -0.05) is 12.2 Å². The van der Waals surface area contributed by atoms with Crippen LogP contribution in [0.4, 0.5) is 0 Å². The maximum absolute atomic E-state index is 10.7. The van der Waals surface area contributed by atoms with Gasteiger partial charge in [0.15, 0.2) is 0 Å². The largest absolute Gasteiger partial charge is 0.390 e. The first-order valence-corrected chi connectivity index (χ1v) is 8.14. The number of aliphatic hydroxyl groups is 2. The molecule has 4 nitrogen and oxygen atoms in total. The van der Waals surface area contributed by atoms with Crippen LogP contribution in [0.25, 0.3) is 0 Å². The number of piperidine rings is 1. The van der Waals surface area contributed by atoms with Gasteiger partial charge in [-0.3, -0.25) is 4.90 Å². The van der Waals surface area contributed by atoms with Crippen LogP contribution in [0.2, 0.25) is 0 Å². The molecule has 112 valence electrons. The molecule has 2 heterocycles. The SMILES string of the molecule is CN1C2CC3=C4C(C)(OC5C(O)CC16CC45C26)C(O)C=C3. The van der Waals surface area contributed by atoms with Crippen LogP contribution in [-0.4, -0.2) is 57.7 Å². The minimum absolute atomic E-state index is 0.00289. The molecule has 2 aliphatic heterocycles. The van der Waals surface area contributed by atoms with Gasteiger partial charge in [0.05, 0.1) is 12.2 Å². The third kappa shape index (κ3) is 0.855. The molecule has 4 heteroatoms. The van der Waals surface area contributed by atoms with E-state index in [1.165, 1.54) is 11.1 Å². The van der Waals surface area contributed by atoms with Crippen LogP contribution in [0.5, 0.6) is 0 Å². The number of rotatable bonds is 0. The first-order chi connectivity index (χ1) is 9.95. The Hall–Kier alpha value is -0.680. The number of likely N-dealkylation sites (tertiary alicyclic amines) is 1. The molecule has 0 aromatic carbocycles. The van der Waals surface area contributed by atoms with Crippen molar-refractivity contribution in [2.75, 3.05) is 7.05 Å². The summed E-state index contributed by atoms with van der Waals surface area (Å²) in [5, 5.41) is 21.2. The summed E-state index contributed by atoms with van der Waals surface area (Å²) >= 11 is 0.